The van der Waals surface area contributed by atoms with Gasteiger partial charge in [0.15, 0.2) is 5.96 Å². The van der Waals surface area contributed by atoms with Gasteiger partial charge in [0.2, 0.25) is 0 Å². The van der Waals surface area contributed by atoms with Crippen LogP contribution in [-0.4, -0.2) is 50.5 Å². The van der Waals surface area contributed by atoms with Crippen molar-refractivity contribution in [2.24, 2.45) is 4.99 Å². The smallest absolute Gasteiger partial charge is 0.191 e. The Bertz CT molecular complexity index is 443. The standard InChI is InChI=1S/C16H30N4O2S.HI/c1-4-6-8-21-10-11-22-9-7-18-16(17-5-2)20-13-15-12-19-14(3)23-15;/h12H,4-11,13H2,1-3H3,(H2,17,18,20);1H. The van der Waals surface area contributed by atoms with Crippen LogP contribution in [0.4, 0.5) is 0 Å². The molecule has 24 heavy (non-hydrogen) atoms. The molecule has 0 amide bonds. The van der Waals surface area contributed by atoms with Crippen LogP contribution < -0.4 is 10.6 Å². The molecule has 6 nitrogen and oxygen atoms in total. The Morgan fingerprint density at radius 1 is 1.17 bits per heavy atom. The molecule has 0 aliphatic heterocycles. The van der Waals surface area contributed by atoms with Crippen LogP contribution in [0, 0.1) is 6.92 Å². The highest BCUT2D eigenvalue weighted by Crippen LogP contribution is 2.12. The first-order valence-electron chi connectivity index (χ1n) is 8.35. The average Bonchev–Trinajstić information content (AvgIpc) is 2.96. The van der Waals surface area contributed by atoms with Crippen molar-refractivity contribution in [2.45, 2.75) is 40.2 Å². The molecule has 0 bridgehead atoms. The summed E-state index contributed by atoms with van der Waals surface area (Å²) in [5.41, 5.74) is 0. The SMILES string of the molecule is CCCCOCCOCCNC(=NCc1cnc(C)s1)NCC.I. The van der Waals surface area contributed by atoms with Crippen LogP contribution in [0.25, 0.3) is 0 Å². The number of unbranched alkanes of at least 4 members (excludes halogenated alkanes) is 1. The molecule has 0 saturated heterocycles. The summed E-state index contributed by atoms with van der Waals surface area (Å²) >= 11 is 1.68. The highest BCUT2D eigenvalue weighted by Gasteiger charge is 2.00. The van der Waals surface area contributed by atoms with E-state index in [-0.39, 0.29) is 24.0 Å². The molecule has 0 aromatic carbocycles. The minimum Gasteiger partial charge on any atom is -0.379 e. The van der Waals surface area contributed by atoms with Crippen LogP contribution in [0.3, 0.4) is 0 Å². The van der Waals surface area contributed by atoms with Crippen molar-refractivity contribution in [1.82, 2.24) is 15.6 Å². The van der Waals surface area contributed by atoms with Gasteiger partial charge in [0.25, 0.3) is 0 Å². The number of hydrogen-bond acceptors (Lipinski definition) is 5. The number of aromatic nitrogens is 1. The van der Waals surface area contributed by atoms with Gasteiger partial charge < -0.3 is 20.1 Å². The summed E-state index contributed by atoms with van der Waals surface area (Å²) in [6, 6.07) is 0. The van der Waals surface area contributed by atoms with E-state index in [1.165, 1.54) is 11.3 Å². The van der Waals surface area contributed by atoms with Crippen molar-refractivity contribution in [2.75, 3.05) is 39.5 Å². The lowest BCUT2D eigenvalue weighted by Gasteiger charge is -2.11. The molecule has 1 aromatic heterocycles. The predicted octanol–water partition coefficient (Wildman–Crippen LogP) is 2.96. The zero-order chi connectivity index (χ0) is 16.8. The molecule has 1 aromatic rings. The lowest BCUT2D eigenvalue weighted by atomic mass is 10.4. The second-order valence-electron chi connectivity index (χ2n) is 5.05. The van der Waals surface area contributed by atoms with Gasteiger partial charge in [-0.25, -0.2) is 9.98 Å². The van der Waals surface area contributed by atoms with Crippen LogP contribution in [0.1, 0.15) is 36.6 Å². The maximum atomic E-state index is 5.53. The van der Waals surface area contributed by atoms with Crippen molar-refractivity contribution in [3.05, 3.63) is 16.1 Å². The minimum absolute atomic E-state index is 0. The topological polar surface area (TPSA) is 67.8 Å². The van der Waals surface area contributed by atoms with E-state index >= 15 is 0 Å². The molecule has 0 aliphatic carbocycles. The van der Waals surface area contributed by atoms with E-state index in [9.17, 15) is 0 Å². The fourth-order valence-electron chi connectivity index (χ4n) is 1.79. The number of aryl methyl sites for hydroxylation is 1. The maximum absolute atomic E-state index is 5.53. The normalized spacial score (nSPS) is 11.2. The lowest BCUT2D eigenvalue weighted by Crippen LogP contribution is -2.39. The molecule has 0 spiro atoms. The van der Waals surface area contributed by atoms with Crippen LogP contribution in [0.2, 0.25) is 0 Å². The van der Waals surface area contributed by atoms with Crippen molar-refractivity contribution in [1.29, 1.82) is 0 Å². The largest absolute Gasteiger partial charge is 0.379 e. The first kappa shape index (κ1) is 23.5. The number of guanidine groups is 1. The summed E-state index contributed by atoms with van der Waals surface area (Å²) < 4.78 is 11.0. The fourth-order valence-corrected chi connectivity index (χ4v) is 2.51. The number of halogens is 1. The number of aliphatic imine (C=N–C) groups is 1. The Labute approximate surface area is 166 Å². The van der Waals surface area contributed by atoms with Crippen LogP contribution in [0.15, 0.2) is 11.2 Å². The predicted molar refractivity (Wildman–Crippen MR) is 112 cm³/mol. The van der Waals surface area contributed by atoms with Gasteiger partial charge >= 0.3 is 0 Å². The molecule has 0 atom stereocenters. The summed E-state index contributed by atoms with van der Waals surface area (Å²) in [6.45, 7) is 11.2. The van der Waals surface area contributed by atoms with Crippen molar-refractivity contribution >= 4 is 41.3 Å². The van der Waals surface area contributed by atoms with Gasteiger partial charge in [0.05, 0.1) is 31.4 Å². The number of thiazole rings is 1. The molecule has 140 valence electrons. The number of ether oxygens (including phenoxy) is 2. The molecule has 0 saturated carbocycles. The first-order valence-corrected chi connectivity index (χ1v) is 9.16. The van der Waals surface area contributed by atoms with E-state index in [2.05, 4.69) is 34.5 Å². The molecule has 0 unspecified atom stereocenters. The van der Waals surface area contributed by atoms with Crippen LogP contribution >= 0.6 is 35.3 Å². The Morgan fingerprint density at radius 2 is 1.92 bits per heavy atom. The highest BCUT2D eigenvalue weighted by molar-refractivity contribution is 14.0. The second-order valence-corrected chi connectivity index (χ2v) is 6.37. The van der Waals surface area contributed by atoms with Gasteiger partial charge in [-0.3, -0.25) is 0 Å². The molecule has 0 aliphatic rings. The van der Waals surface area contributed by atoms with Crippen molar-refractivity contribution in [3.8, 4) is 0 Å². The van der Waals surface area contributed by atoms with Crippen LogP contribution in [-0.2, 0) is 16.0 Å². The maximum Gasteiger partial charge on any atom is 0.191 e. The third-order valence-electron chi connectivity index (χ3n) is 2.96. The van der Waals surface area contributed by atoms with Gasteiger partial charge in [-0.1, -0.05) is 13.3 Å². The van der Waals surface area contributed by atoms with Gasteiger partial charge in [-0.05, 0) is 20.3 Å². The lowest BCUT2D eigenvalue weighted by molar-refractivity contribution is 0.0487. The molecule has 1 rings (SSSR count). The Hall–Kier alpha value is -0.450. The zero-order valence-electron chi connectivity index (χ0n) is 15.0. The summed E-state index contributed by atoms with van der Waals surface area (Å²) in [6.07, 6.45) is 4.16. The molecule has 8 heteroatoms. The highest BCUT2D eigenvalue weighted by atomic mass is 127. The number of nitrogens with one attached hydrogen (secondary N) is 2. The Kier molecular flexibility index (Phi) is 15.7. The second kappa shape index (κ2) is 16.0. The van der Waals surface area contributed by atoms with E-state index in [0.717, 1.165) is 37.1 Å². The summed E-state index contributed by atoms with van der Waals surface area (Å²) in [7, 11) is 0. The quantitative estimate of drug-likeness (QED) is 0.213. The van der Waals surface area contributed by atoms with Gasteiger partial charge in [0.1, 0.15) is 0 Å². The number of rotatable bonds is 12. The molecule has 0 radical (unpaired) electrons. The molecule has 0 fully saturated rings. The first-order chi connectivity index (χ1) is 11.3. The number of nitrogens with zero attached hydrogens (tertiary/aromatic N) is 2. The monoisotopic (exact) mass is 470 g/mol. The zero-order valence-corrected chi connectivity index (χ0v) is 18.1. The number of hydrogen-bond donors (Lipinski definition) is 2. The van der Waals surface area contributed by atoms with Crippen LogP contribution in [0.5, 0.6) is 0 Å². The Morgan fingerprint density at radius 3 is 2.54 bits per heavy atom. The summed E-state index contributed by atoms with van der Waals surface area (Å²) in [4.78, 5) is 9.96. The summed E-state index contributed by atoms with van der Waals surface area (Å²) in [5.74, 6) is 0.807. The van der Waals surface area contributed by atoms with E-state index < -0.39 is 0 Å². The van der Waals surface area contributed by atoms with Gasteiger partial charge in [0, 0.05) is 30.8 Å². The van der Waals surface area contributed by atoms with Gasteiger partial charge in [-0.15, -0.1) is 35.3 Å². The van der Waals surface area contributed by atoms with E-state index in [0.29, 0.717) is 26.4 Å². The Balaban J connectivity index is 0.00000529. The average molecular weight is 470 g/mol. The third-order valence-corrected chi connectivity index (χ3v) is 3.86. The van der Waals surface area contributed by atoms with Crippen molar-refractivity contribution in [3.63, 3.8) is 0 Å². The third kappa shape index (κ3) is 12.0. The van der Waals surface area contributed by atoms with Crippen molar-refractivity contribution < 1.29 is 9.47 Å². The van der Waals surface area contributed by atoms with Gasteiger partial charge in [-0.2, -0.15) is 0 Å². The fraction of sp³-hybridized carbons (Fsp3) is 0.750. The molecule has 1 heterocycles. The molecular weight excluding hydrogens is 439 g/mol. The minimum atomic E-state index is 0. The van der Waals surface area contributed by atoms with E-state index in [1.54, 1.807) is 11.3 Å². The summed E-state index contributed by atoms with van der Waals surface area (Å²) in [5, 5.41) is 7.57. The molecular formula is C16H31IN4O2S. The van der Waals surface area contributed by atoms with E-state index in [4.69, 9.17) is 9.47 Å². The molecule has 2 N–H and O–H groups in total. The van der Waals surface area contributed by atoms with E-state index in [1.807, 2.05) is 13.1 Å².